The Labute approximate surface area is 81.8 Å². The van der Waals surface area contributed by atoms with Gasteiger partial charge < -0.3 is 14.9 Å². The molecule has 0 unspecified atom stereocenters. The van der Waals surface area contributed by atoms with E-state index in [2.05, 4.69) is 0 Å². The summed E-state index contributed by atoms with van der Waals surface area (Å²) in [6, 6.07) is 3.40. The van der Waals surface area contributed by atoms with Gasteiger partial charge in [-0.2, -0.15) is 0 Å². The van der Waals surface area contributed by atoms with Crippen molar-refractivity contribution in [1.29, 1.82) is 0 Å². The van der Waals surface area contributed by atoms with E-state index in [1.807, 2.05) is 6.92 Å². The van der Waals surface area contributed by atoms with Gasteiger partial charge in [0.25, 0.3) is 0 Å². The van der Waals surface area contributed by atoms with Crippen LogP contribution < -0.4 is 4.74 Å². The van der Waals surface area contributed by atoms with Crippen LogP contribution in [0.15, 0.2) is 12.1 Å². The first-order valence-corrected chi connectivity index (χ1v) is 4.15. The lowest BCUT2D eigenvalue weighted by atomic mass is 10.1. The van der Waals surface area contributed by atoms with E-state index in [1.54, 1.807) is 19.1 Å². The number of phenolic OH excluding ortho intramolecular Hbond substituents is 1. The number of carbonyl (C=O) groups is 1. The van der Waals surface area contributed by atoms with E-state index in [1.165, 1.54) is 0 Å². The summed E-state index contributed by atoms with van der Waals surface area (Å²) < 4.78 is 4.91. The van der Waals surface area contributed by atoms with Crippen molar-refractivity contribution in [3.8, 4) is 11.5 Å². The number of hydrogen-bond acceptors (Lipinski definition) is 3. The van der Waals surface area contributed by atoms with Crippen molar-refractivity contribution >= 4 is 5.97 Å². The SMILES string of the molecule is Cc1cc(C)c(O)c(OCC(=O)O)c1. The van der Waals surface area contributed by atoms with Crippen LogP contribution in [-0.4, -0.2) is 22.8 Å². The first-order valence-electron chi connectivity index (χ1n) is 4.15. The molecule has 0 aliphatic heterocycles. The summed E-state index contributed by atoms with van der Waals surface area (Å²) in [5.74, 6) is -0.856. The van der Waals surface area contributed by atoms with Crippen LogP contribution in [0.2, 0.25) is 0 Å². The Morgan fingerprint density at radius 3 is 2.64 bits per heavy atom. The third-order valence-corrected chi connectivity index (χ3v) is 1.76. The highest BCUT2D eigenvalue weighted by molar-refractivity contribution is 5.68. The van der Waals surface area contributed by atoms with Gasteiger partial charge in [-0.05, 0) is 31.0 Å². The van der Waals surface area contributed by atoms with Gasteiger partial charge in [0.2, 0.25) is 0 Å². The lowest BCUT2D eigenvalue weighted by Crippen LogP contribution is -2.09. The van der Waals surface area contributed by atoms with E-state index in [0.29, 0.717) is 5.56 Å². The maximum absolute atomic E-state index is 10.2. The molecule has 0 amide bonds. The number of carboxylic acid groups (broad SMARTS) is 1. The zero-order valence-electron chi connectivity index (χ0n) is 8.07. The van der Waals surface area contributed by atoms with Crippen molar-refractivity contribution in [2.45, 2.75) is 13.8 Å². The number of hydrogen-bond donors (Lipinski definition) is 2. The number of aromatic hydroxyl groups is 1. The number of aliphatic carboxylic acids is 1. The van der Waals surface area contributed by atoms with E-state index in [0.717, 1.165) is 5.56 Å². The Morgan fingerprint density at radius 1 is 1.43 bits per heavy atom. The summed E-state index contributed by atoms with van der Waals surface area (Å²) in [7, 11) is 0. The van der Waals surface area contributed by atoms with Gasteiger partial charge in [0, 0.05) is 0 Å². The fourth-order valence-electron chi connectivity index (χ4n) is 1.17. The lowest BCUT2D eigenvalue weighted by molar-refractivity contribution is -0.139. The van der Waals surface area contributed by atoms with Crippen molar-refractivity contribution < 1.29 is 19.7 Å². The van der Waals surface area contributed by atoms with Gasteiger partial charge in [0.05, 0.1) is 0 Å². The Hall–Kier alpha value is -1.71. The molecule has 0 aromatic heterocycles. The molecular weight excluding hydrogens is 184 g/mol. The molecule has 4 nitrogen and oxygen atoms in total. The van der Waals surface area contributed by atoms with Crippen LogP contribution in [0.4, 0.5) is 0 Å². The fraction of sp³-hybridized carbons (Fsp3) is 0.300. The number of rotatable bonds is 3. The van der Waals surface area contributed by atoms with Crippen LogP contribution in [0, 0.1) is 13.8 Å². The molecule has 0 fully saturated rings. The minimum atomic E-state index is -1.07. The standard InChI is InChI=1S/C10H12O4/c1-6-3-7(2)10(13)8(4-6)14-5-9(11)12/h3-4,13H,5H2,1-2H3,(H,11,12). The number of aryl methyl sites for hydroxylation is 2. The van der Waals surface area contributed by atoms with E-state index in [4.69, 9.17) is 9.84 Å². The van der Waals surface area contributed by atoms with E-state index in [-0.39, 0.29) is 11.5 Å². The maximum Gasteiger partial charge on any atom is 0.341 e. The summed E-state index contributed by atoms with van der Waals surface area (Å²) in [6.45, 7) is 3.13. The van der Waals surface area contributed by atoms with Crippen LogP contribution in [-0.2, 0) is 4.79 Å². The predicted octanol–water partition coefficient (Wildman–Crippen LogP) is 1.47. The Bertz CT molecular complexity index is 357. The third-order valence-electron chi connectivity index (χ3n) is 1.76. The second-order valence-corrected chi connectivity index (χ2v) is 3.11. The molecule has 0 saturated carbocycles. The van der Waals surface area contributed by atoms with Crippen LogP contribution >= 0.6 is 0 Å². The van der Waals surface area contributed by atoms with Gasteiger partial charge >= 0.3 is 5.97 Å². The molecule has 0 heterocycles. The molecule has 2 N–H and O–H groups in total. The number of benzene rings is 1. The summed E-state index contributed by atoms with van der Waals surface area (Å²) in [5, 5.41) is 17.9. The largest absolute Gasteiger partial charge is 0.504 e. The molecule has 76 valence electrons. The van der Waals surface area contributed by atoms with Crippen LogP contribution in [0.25, 0.3) is 0 Å². The van der Waals surface area contributed by atoms with E-state index >= 15 is 0 Å². The average Bonchev–Trinajstić information content (AvgIpc) is 2.08. The molecule has 0 atom stereocenters. The minimum absolute atomic E-state index is 0.00292. The Morgan fingerprint density at radius 2 is 2.07 bits per heavy atom. The van der Waals surface area contributed by atoms with Gasteiger partial charge in [-0.1, -0.05) is 6.07 Å². The molecule has 4 heteroatoms. The molecular formula is C10H12O4. The molecule has 0 spiro atoms. The highest BCUT2D eigenvalue weighted by Crippen LogP contribution is 2.30. The highest BCUT2D eigenvalue weighted by atomic mass is 16.5. The second-order valence-electron chi connectivity index (χ2n) is 3.11. The molecule has 1 aromatic rings. The van der Waals surface area contributed by atoms with Crippen molar-refractivity contribution in [3.63, 3.8) is 0 Å². The van der Waals surface area contributed by atoms with Crippen LogP contribution in [0.5, 0.6) is 11.5 Å². The van der Waals surface area contributed by atoms with Crippen LogP contribution in [0.1, 0.15) is 11.1 Å². The Balaban J connectivity index is 2.90. The first-order chi connectivity index (χ1) is 6.50. The van der Waals surface area contributed by atoms with Gasteiger partial charge in [-0.3, -0.25) is 0 Å². The molecule has 0 aliphatic rings. The average molecular weight is 196 g/mol. The van der Waals surface area contributed by atoms with Crippen molar-refractivity contribution in [2.75, 3.05) is 6.61 Å². The fourth-order valence-corrected chi connectivity index (χ4v) is 1.17. The summed E-state index contributed by atoms with van der Waals surface area (Å²) in [4.78, 5) is 10.2. The maximum atomic E-state index is 10.2. The quantitative estimate of drug-likeness (QED) is 0.768. The van der Waals surface area contributed by atoms with Gasteiger partial charge in [-0.25, -0.2) is 4.79 Å². The predicted molar refractivity (Wildman–Crippen MR) is 50.7 cm³/mol. The van der Waals surface area contributed by atoms with Crippen molar-refractivity contribution in [1.82, 2.24) is 0 Å². The third kappa shape index (κ3) is 2.39. The zero-order chi connectivity index (χ0) is 10.7. The van der Waals surface area contributed by atoms with E-state index in [9.17, 15) is 9.90 Å². The smallest absolute Gasteiger partial charge is 0.341 e. The summed E-state index contributed by atoms with van der Waals surface area (Å²) >= 11 is 0. The van der Waals surface area contributed by atoms with Gasteiger partial charge in [0.1, 0.15) is 0 Å². The van der Waals surface area contributed by atoms with E-state index < -0.39 is 12.6 Å². The van der Waals surface area contributed by atoms with Gasteiger partial charge in [-0.15, -0.1) is 0 Å². The molecule has 14 heavy (non-hydrogen) atoms. The number of ether oxygens (including phenoxy) is 1. The molecule has 0 saturated heterocycles. The minimum Gasteiger partial charge on any atom is -0.504 e. The normalized spacial score (nSPS) is 9.86. The lowest BCUT2D eigenvalue weighted by Gasteiger charge is -2.08. The molecule has 0 radical (unpaired) electrons. The molecule has 0 bridgehead atoms. The van der Waals surface area contributed by atoms with Crippen molar-refractivity contribution in [3.05, 3.63) is 23.3 Å². The molecule has 0 aliphatic carbocycles. The monoisotopic (exact) mass is 196 g/mol. The van der Waals surface area contributed by atoms with Crippen LogP contribution in [0.3, 0.4) is 0 Å². The van der Waals surface area contributed by atoms with Gasteiger partial charge in [0.15, 0.2) is 18.1 Å². The second kappa shape index (κ2) is 4.00. The highest BCUT2D eigenvalue weighted by Gasteiger charge is 2.08. The number of carboxylic acids is 1. The number of phenols is 1. The summed E-state index contributed by atoms with van der Waals surface area (Å²) in [6.07, 6.45) is 0. The summed E-state index contributed by atoms with van der Waals surface area (Å²) in [5.41, 5.74) is 1.59. The Kier molecular flexibility index (Phi) is 2.96. The van der Waals surface area contributed by atoms with Crippen molar-refractivity contribution in [2.24, 2.45) is 0 Å². The first kappa shape index (κ1) is 10.4. The molecule has 1 rings (SSSR count). The molecule has 1 aromatic carbocycles. The zero-order valence-corrected chi connectivity index (χ0v) is 8.07. The topological polar surface area (TPSA) is 66.8 Å².